The predicted octanol–water partition coefficient (Wildman–Crippen LogP) is -0.103. The van der Waals surface area contributed by atoms with Crippen LogP contribution in [0.25, 0.3) is 12.2 Å². The number of benzene rings is 1. The maximum absolute atomic E-state index is 5.36. The number of rotatable bonds is 3. The van der Waals surface area contributed by atoms with E-state index < -0.39 is 0 Å². The van der Waals surface area contributed by atoms with E-state index >= 15 is 0 Å². The molecule has 0 N–H and O–H groups in total. The summed E-state index contributed by atoms with van der Waals surface area (Å²) < 4.78 is 12.8. The van der Waals surface area contributed by atoms with Crippen LogP contribution in [0.1, 0.15) is 18.1 Å². The molecule has 2 aromatic rings. The standard InChI is InChI=1S/C16H16NO2.HI/c1-2-17-9-7-13(8-10-17)3-4-14-5-6-15-16(11-14)19-12-18-15;/h3-11H,2,12H2,1H3;1H/q+1;/p-1. The molecule has 0 atom stereocenters. The van der Waals surface area contributed by atoms with Crippen molar-refractivity contribution in [3.05, 3.63) is 53.9 Å². The minimum Gasteiger partial charge on any atom is -1.00 e. The summed E-state index contributed by atoms with van der Waals surface area (Å²) in [5.74, 6) is 1.64. The zero-order valence-electron chi connectivity index (χ0n) is 11.3. The maximum Gasteiger partial charge on any atom is 0.231 e. The first kappa shape index (κ1) is 14.8. The van der Waals surface area contributed by atoms with Crippen LogP contribution in [-0.4, -0.2) is 6.79 Å². The average Bonchev–Trinajstić information content (AvgIpc) is 2.93. The van der Waals surface area contributed by atoms with Crippen molar-refractivity contribution < 1.29 is 38.0 Å². The molecule has 2 heterocycles. The number of aryl methyl sites for hydroxylation is 1. The van der Waals surface area contributed by atoms with E-state index in [0.29, 0.717) is 6.79 Å². The summed E-state index contributed by atoms with van der Waals surface area (Å²) in [4.78, 5) is 0. The highest BCUT2D eigenvalue weighted by Gasteiger charge is 2.12. The Morgan fingerprint density at radius 3 is 2.45 bits per heavy atom. The molecule has 0 fully saturated rings. The smallest absolute Gasteiger partial charge is 0.231 e. The van der Waals surface area contributed by atoms with Crippen LogP contribution in [0.2, 0.25) is 0 Å². The van der Waals surface area contributed by atoms with Crippen molar-refractivity contribution in [3.63, 3.8) is 0 Å². The molecule has 4 heteroatoms. The summed E-state index contributed by atoms with van der Waals surface area (Å²) in [6.45, 7) is 3.44. The number of ether oxygens (including phenoxy) is 2. The Hall–Kier alpha value is -1.56. The monoisotopic (exact) mass is 381 g/mol. The molecule has 0 saturated heterocycles. The van der Waals surface area contributed by atoms with Gasteiger partial charge in [0.25, 0.3) is 0 Å². The predicted molar refractivity (Wildman–Crippen MR) is 73.8 cm³/mol. The third-order valence-corrected chi connectivity index (χ3v) is 3.15. The average molecular weight is 381 g/mol. The van der Waals surface area contributed by atoms with E-state index in [9.17, 15) is 0 Å². The molecular formula is C16H16INO2. The van der Waals surface area contributed by atoms with E-state index in [1.165, 1.54) is 5.56 Å². The molecule has 1 aromatic carbocycles. The summed E-state index contributed by atoms with van der Waals surface area (Å²) in [5.41, 5.74) is 2.29. The van der Waals surface area contributed by atoms with Gasteiger partial charge in [-0.3, -0.25) is 0 Å². The second kappa shape index (κ2) is 6.74. The lowest BCUT2D eigenvalue weighted by Crippen LogP contribution is -3.00. The molecule has 3 rings (SSSR count). The number of hydrogen-bond donors (Lipinski definition) is 0. The molecule has 0 spiro atoms. The molecule has 3 nitrogen and oxygen atoms in total. The highest BCUT2D eigenvalue weighted by atomic mass is 127. The molecule has 0 aliphatic carbocycles. The summed E-state index contributed by atoms with van der Waals surface area (Å²) >= 11 is 0. The fraction of sp³-hybridized carbons (Fsp3) is 0.188. The van der Waals surface area contributed by atoms with E-state index in [1.54, 1.807) is 0 Å². The number of fused-ring (bicyclic) bond motifs is 1. The SMILES string of the molecule is CC[n+]1ccc(C=Cc2ccc3c(c2)OCO3)cc1.[I-]. The second-order valence-corrected chi connectivity index (χ2v) is 4.41. The Labute approximate surface area is 135 Å². The van der Waals surface area contributed by atoms with Crippen molar-refractivity contribution in [2.24, 2.45) is 0 Å². The molecule has 1 aliphatic heterocycles. The zero-order chi connectivity index (χ0) is 13.1. The molecule has 0 bridgehead atoms. The highest BCUT2D eigenvalue weighted by Crippen LogP contribution is 2.32. The number of aromatic nitrogens is 1. The Bertz CT molecular complexity index is 608. The van der Waals surface area contributed by atoms with Crippen LogP contribution in [0.3, 0.4) is 0 Å². The largest absolute Gasteiger partial charge is 1.00 e. The number of pyridine rings is 1. The van der Waals surface area contributed by atoms with Crippen LogP contribution in [0.15, 0.2) is 42.7 Å². The van der Waals surface area contributed by atoms with Crippen LogP contribution in [0, 0.1) is 0 Å². The Kier molecular flexibility index (Phi) is 5.00. The fourth-order valence-electron chi connectivity index (χ4n) is 2.00. The lowest BCUT2D eigenvalue weighted by Gasteiger charge is -1.98. The van der Waals surface area contributed by atoms with Gasteiger partial charge in [0, 0.05) is 12.1 Å². The van der Waals surface area contributed by atoms with Gasteiger partial charge in [-0.15, -0.1) is 0 Å². The van der Waals surface area contributed by atoms with Crippen molar-refractivity contribution in [3.8, 4) is 11.5 Å². The summed E-state index contributed by atoms with van der Waals surface area (Å²) in [5, 5.41) is 0. The Morgan fingerprint density at radius 2 is 1.70 bits per heavy atom. The minimum absolute atomic E-state index is 0. The summed E-state index contributed by atoms with van der Waals surface area (Å²) in [6.07, 6.45) is 8.34. The van der Waals surface area contributed by atoms with Crippen LogP contribution >= 0.6 is 0 Å². The van der Waals surface area contributed by atoms with E-state index in [1.807, 2.05) is 18.2 Å². The van der Waals surface area contributed by atoms with Gasteiger partial charge in [0.2, 0.25) is 6.79 Å². The van der Waals surface area contributed by atoms with Crippen LogP contribution in [0.5, 0.6) is 11.5 Å². The molecule has 20 heavy (non-hydrogen) atoms. The third kappa shape index (κ3) is 3.30. The maximum atomic E-state index is 5.36. The number of halogens is 1. The van der Waals surface area contributed by atoms with Gasteiger partial charge in [-0.1, -0.05) is 18.2 Å². The molecule has 1 aromatic heterocycles. The van der Waals surface area contributed by atoms with Crippen molar-refractivity contribution in [1.29, 1.82) is 0 Å². The normalized spacial score (nSPS) is 12.4. The van der Waals surface area contributed by atoms with Gasteiger partial charge in [-0.05, 0) is 30.2 Å². The second-order valence-electron chi connectivity index (χ2n) is 4.41. The van der Waals surface area contributed by atoms with Crippen molar-refractivity contribution in [2.75, 3.05) is 6.79 Å². The van der Waals surface area contributed by atoms with E-state index in [-0.39, 0.29) is 24.0 Å². The first-order valence-corrected chi connectivity index (χ1v) is 6.42. The quantitative estimate of drug-likeness (QED) is 0.548. The molecule has 0 unspecified atom stereocenters. The minimum atomic E-state index is 0. The van der Waals surface area contributed by atoms with Crippen LogP contribution in [-0.2, 0) is 6.54 Å². The third-order valence-electron chi connectivity index (χ3n) is 3.15. The van der Waals surface area contributed by atoms with Crippen LogP contribution < -0.4 is 38.0 Å². The molecular weight excluding hydrogens is 365 g/mol. The van der Waals surface area contributed by atoms with Gasteiger partial charge in [-0.25, -0.2) is 4.57 Å². The van der Waals surface area contributed by atoms with E-state index in [2.05, 4.69) is 48.2 Å². The number of hydrogen-bond acceptors (Lipinski definition) is 2. The molecule has 104 valence electrons. The van der Waals surface area contributed by atoms with E-state index in [0.717, 1.165) is 23.6 Å². The lowest BCUT2D eigenvalue weighted by atomic mass is 10.1. The van der Waals surface area contributed by atoms with Gasteiger partial charge < -0.3 is 33.5 Å². The highest BCUT2D eigenvalue weighted by molar-refractivity contribution is 5.70. The van der Waals surface area contributed by atoms with E-state index in [4.69, 9.17) is 9.47 Å². The fourth-order valence-corrected chi connectivity index (χ4v) is 2.00. The molecule has 0 amide bonds. The van der Waals surface area contributed by atoms with Gasteiger partial charge in [-0.2, -0.15) is 0 Å². The topological polar surface area (TPSA) is 22.3 Å². The van der Waals surface area contributed by atoms with Gasteiger partial charge in [0.05, 0.1) is 0 Å². The Balaban J connectivity index is 0.00000147. The summed E-state index contributed by atoms with van der Waals surface area (Å²) in [6, 6.07) is 10.2. The first-order chi connectivity index (χ1) is 9.35. The Morgan fingerprint density at radius 1 is 1.00 bits per heavy atom. The van der Waals surface area contributed by atoms with Crippen molar-refractivity contribution in [2.45, 2.75) is 13.5 Å². The van der Waals surface area contributed by atoms with Crippen LogP contribution in [0.4, 0.5) is 0 Å². The van der Waals surface area contributed by atoms with Crippen molar-refractivity contribution >= 4 is 12.2 Å². The number of nitrogens with zero attached hydrogens (tertiary/aromatic N) is 1. The van der Waals surface area contributed by atoms with Gasteiger partial charge in [0.15, 0.2) is 23.9 Å². The van der Waals surface area contributed by atoms with Crippen molar-refractivity contribution in [1.82, 2.24) is 0 Å². The summed E-state index contributed by atoms with van der Waals surface area (Å²) in [7, 11) is 0. The molecule has 1 aliphatic rings. The van der Waals surface area contributed by atoms with Gasteiger partial charge >= 0.3 is 0 Å². The molecule has 0 saturated carbocycles. The van der Waals surface area contributed by atoms with Gasteiger partial charge in [0.1, 0.15) is 6.54 Å². The first-order valence-electron chi connectivity index (χ1n) is 6.42. The lowest BCUT2D eigenvalue weighted by molar-refractivity contribution is -0.693. The molecule has 0 radical (unpaired) electrons. The zero-order valence-corrected chi connectivity index (χ0v) is 13.4.